The van der Waals surface area contributed by atoms with Gasteiger partial charge in [-0.25, -0.2) is 4.79 Å². The summed E-state index contributed by atoms with van der Waals surface area (Å²) in [4.78, 5) is 26.4. The summed E-state index contributed by atoms with van der Waals surface area (Å²) >= 11 is 0. The number of carbonyl (C=O) groups is 2. The fourth-order valence-electron chi connectivity index (χ4n) is 3.12. The number of ether oxygens (including phenoxy) is 1. The van der Waals surface area contributed by atoms with Gasteiger partial charge in [0, 0.05) is 25.7 Å². The van der Waals surface area contributed by atoms with Crippen LogP contribution in [0.4, 0.5) is 4.79 Å². The number of urea groups is 1. The molecule has 1 aromatic rings. The zero-order chi connectivity index (χ0) is 17.6. The summed E-state index contributed by atoms with van der Waals surface area (Å²) < 4.78 is 5.48. The van der Waals surface area contributed by atoms with E-state index in [9.17, 15) is 9.59 Å². The Morgan fingerprint density at radius 1 is 1.28 bits per heavy atom. The third-order valence-corrected chi connectivity index (χ3v) is 4.66. The summed E-state index contributed by atoms with van der Waals surface area (Å²) in [5.41, 5.74) is 0.999. The minimum Gasteiger partial charge on any atom is -0.494 e. The maximum absolute atomic E-state index is 12.4. The second-order valence-corrected chi connectivity index (χ2v) is 6.81. The number of likely N-dealkylation sites (tertiary alicyclic amines) is 1. The molecular weight excluding hydrogens is 318 g/mol. The number of nitrogens with one attached hydrogen (secondary N) is 2. The van der Waals surface area contributed by atoms with Gasteiger partial charge in [0.2, 0.25) is 5.91 Å². The minimum absolute atomic E-state index is 0.0821. The lowest BCUT2D eigenvalue weighted by Gasteiger charge is -2.32. The van der Waals surface area contributed by atoms with Crippen molar-refractivity contribution >= 4 is 11.9 Å². The molecule has 1 heterocycles. The standard InChI is InChI=1S/C19H27N3O3/c1-2-25-17-7-3-5-14(11-17)12-20-19(24)22-10-4-6-15(13-22)18(23)21-16-8-9-16/h3,5,7,11,15-16H,2,4,6,8-10,12-13H2,1H3,(H,20,24)(H,21,23). The van der Waals surface area contributed by atoms with Gasteiger partial charge in [0.15, 0.2) is 0 Å². The maximum atomic E-state index is 12.4. The Kier molecular flexibility index (Phi) is 5.79. The minimum atomic E-state index is -0.106. The average Bonchev–Trinajstić information content (AvgIpc) is 3.44. The van der Waals surface area contributed by atoms with E-state index in [0.717, 1.165) is 37.0 Å². The van der Waals surface area contributed by atoms with Crippen molar-refractivity contribution in [3.8, 4) is 5.75 Å². The smallest absolute Gasteiger partial charge is 0.317 e. The lowest BCUT2D eigenvalue weighted by molar-refractivity contribution is -0.126. The van der Waals surface area contributed by atoms with Crippen molar-refractivity contribution in [2.24, 2.45) is 5.92 Å². The van der Waals surface area contributed by atoms with Gasteiger partial charge in [-0.3, -0.25) is 4.79 Å². The lowest BCUT2D eigenvalue weighted by Crippen LogP contribution is -2.49. The highest BCUT2D eigenvalue weighted by molar-refractivity contribution is 5.81. The van der Waals surface area contributed by atoms with Gasteiger partial charge in [-0.15, -0.1) is 0 Å². The van der Waals surface area contributed by atoms with Crippen molar-refractivity contribution in [1.82, 2.24) is 15.5 Å². The topological polar surface area (TPSA) is 70.7 Å². The van der Waals surface area contributed by atoms with Gasteiger partial charge < -0.3 is 20.3 Å². The molecule has 2 fully saturated rings. The highest BCUT2D eigenvalue weighted by Crippen LogP contribution is 2.22. The summed E-state index contributed by atoms with van der Waals surface area (Å²) in [7, 11) is 0. The van der Waals surface area contributed by atoms with Crippen LogP contribution in [0, 0.1) is 5.92 Å². The molecular formula is C19H27N3O3. The lowest BCUT2D eigenvalue weighted by atomic mass is 9.97. The summed E-state index contributed by atoms with van der Waals surface area (Å²) in [5.74, 6) is 0.829. The van der Waals surface area contributed by atoms with Crippen molar-refractivity contribution < 1.29 is 14.3 Å². The summed E-state index contributed by atoms with van der Waals surface area (Å²) in [6, 6.07) is 7.99. The number of amides is 3. The fourth-order valence-corrected chi connectivity index (χ4v) is 3.12. The van der Waals surface area contributed by atoms with Gasteiger partial charge in [0.25, 0.3) is 0 Å². The first-order valence-electron chi connectivity index (χ1n) is 9.20. The molecule has 0 bridgehead atoms. The number of piperidine rings is 1. The van der Waals surface area contributed by atoms with Crippen molar-refractivity contribution in [3.63, 3.8) is 0 Å². The molecule has 1 unspecified atom stereocenters. The van der Waals surface area contributed by atoms with E-state index < -0.39 is 0 Å². The van der Waals surface area contributed by atoms with Crippen LogP contribution in [0.15, 0.2) is 24.3 Å². The quantitative estimate of drug-likeness (QED) is 0.831. The molecule has 136 valence electrons. The Labute approximate surface area is 148 Å². The van der Waals surface area contributed by atoms with Crippen LogP contribution < -0.4 is 15.4 Å². The molecule has 1 atom stereocenters. The van der Waals surface area contributed by atoms with Crippen molar-refractivity contribution in [2.75, 3.05) is 19.7 Å². The number of hydrogen-bond acceptors (Lipinski definition) is 3. The highest BCUT2D eigenvalue weighted by atomic mass is 16.5. The molecule has 1 saturated heterocycles. The van der Waals surface area contributed by atoms with Crippen LogP contribution in [0.5, 0.6) is 5.75 Å². The maximum Gasteiger partial charge on any atom is 0.317 e. The molecule has 2 N–H and O–H groups in total. The molecule has 3 amide bonds. The molecule has 0 aromatic heterocycles. The summed E-state index contributed by atoms with van der Waals surface area (Å²) in [6.45, 7) is 4.23. The van der Waals surface area contributed by atoms with E-state index in [0.29, 0.717) is 32.3 Å². The molecule has 1 aromatic carbocycles. The molecule has 1 aliphatic carbocycles. The van der Waals surface area contributed by atoms with E-state index in [1.807, 2.05) is 31.2 Å². The third kappa shape index (κ3) is 5.11. The van der Waals surface area contributed by atoms with Crippen molar-refractivity contribution in [2.45, 2.75) is 45.2 Å². The normalized spacial score (nSPS) is 20.0. The molecule has 6 nitrogen and oxygen atoms in total. The first-order valence-corrected chi connectivity index (χ1v) is 9.20. The van der Waals surface area contributed by atoms with E-state index >= 15 is 0 Å². The number of carbonyl (C=O) groups excluding carboxylic acids is 2. The molecule has 2 aliphatic rings. The van der Waals surface area contributed by atoms with Gasteiger partial charge in [-0.05, 0) is 50.3 Å². The monoisotopic (exact) mass is 345 g/mol. The van der Waals surface area contributed by atoms with Crippen LogP contribution in [0.25, 0.3) is 0 Å². The Bertz CT molecular complexity index is 616. The van der Waals surface area contributed by atoms with E-state index in [-0.39, 0.29) is 17.9 Å². The molecule has 1 saturated carbocycles. The van der Waals surface area contributed by atoms with E-state index in [2.05, 4.69) is 10.6 Å². The summed E-state index contributed by atoms with van der Waals surface area (Å²) in [6.07, 6.45) is 3.90. The number of rotatable bonds is 6. The second kappa shape index (κ2) is 8.23. The molecule has 25 heavy (non-hydrogen) atoms. The third-order valence-electron chi connectivity index (χ3n) is 4.66. The fraction of sp³-hybridized carbons (Fsp3) is 0.579. The van der Waals surface area contributed by atoms with Crippen molar-refractivity contribution in [1.29, 1.82) is 0 Å². The van der Waals surface area contributed by atoms with Crippen molar-refractivity contribution in [3.05, 3.63) is 29.8 Å². The zero-order valence-corrected chi connectivity index (χ0v) is 14.8. The predicted octanol–water partition coefficient (Wildman–Crippen LogP) is 2.29. The predicted molar refractivity (Wildman–Crippen MR) is 95.3 cm³/mol. The van der Waals surface area contributed by atoms with Gasteiger partial charge in [-0.2, -0.15) is 0 Å². The molecule has 0 radical (unpaired) electrons. The van der Waals surface area contributed by atoms with Gasteiger partial charge in [-0.1, -0.05) is 12.1 Å². The molecule has 3 rings (SSSR count). The SMILES string of the molecule is CCOc1cccc(CNC(=O)N2CCCC(C(=O)NC3CC3)C2)c1. The van der Waals surface area contributed by atoms with E-state index in [1.165, 1.54) is 0 Å². The zero-order valence-electron chi connectivity index (χ0n) is 14.8. The summed E-state index contributed by atoms with van der Waals surface area (Å²) in [5, 5.41) is 6.00. The number of benzene rings is 1. The molecule has 6 heteroatoms. The Morgan fingerprint density at radius 2 is 2.12 bits per heavy atom. The number of nitrogens with zero attached hydrogens (tertiary/aromatic N) is 1. The molecule has 1 aliphatic heterocycles. The van der Waals surface area contributed by atoms with Gasteiger partial charge in [0.1, 0.15) is 5.75 Å². The second-order valence-electron chi connectivity index (χ2n) is 6.81. The Hall–Kier alpha value is -2.24. The number of hydrogen-bond donors (Lipinski definition) is 2. The molecule has 0 spiro atoms. The van der Waals surface area contributed by atoms with Crippen LogP contribution in [-0.4, -0.2) is 42.6 Å². The van der Waals surface area contributed by atoms with Crippen LogP contribution in [0.3, 0.4) is 0 Å². The Morgan fingerprint density at radius 3 is 2.88 bits per heavy atom. The first kappa shape index (κ1) is 17.6. The van der Waals surface area contributed by atoms with Crippen LogP contribution in [0.1, 0.15) is 38.2 Å². The van der Waals surface area contributed by atoms with Crippen LogP contribution >= 0.6 is 0 Å². The average molecular weight is 345 g/mol. The Balaban J connectivity index is 1.48. The van der Waals surface area contributed by atoms with Crippen LogP contribution in [0.2, 0.25) is 0 Å². The van der Waals surface area contributed by atoms with Gasteiger partial charge in [0.05, 0.1) is 12.5 Å². The van der Waals surface area contributed by atoms with E-state index in [1.54, 1.807) is 4.90 Å². The largest absolute Gasteiger partial charge is 0.494 e. The highest BCUT2D eigenvalue weighted by Gasteiger charge is 2.31. The van der Waals surface area contributed by atoms with E-state index in [4.69, 9.17) is 4.74 Å². The first-order chi connectivity index (χ1) is 12.2. The van der Waals surface area contributed by atoms with Crippen LogP contribution in [-0.2, 0) is 11.3 Å². The van der Waals surface area contributed by atoms with Gasteiger partial charge >= 0.3 is 6.03 Å².